The summed E-state index contributed by atoms with van der Waals surface area (Å²) in [7, 11) is 0. The quantitative estimate of drug-likeness (QED) is 0.212. The molecule has 0 heterocycles. The lowest BCUT2D eigenvalue weighted by atomic mass is 10.1. The second-order valence-corrected chi connectivity index (χ2v) is 7.64. The van der Waals surface area contributed by atoms with Crippen LogP contribution in [0.4, 0.5) is 0 Å². The Morgan fingerprint density at radius 3 is 2.18 bits per heavy atom. The van der Waals surface area contributed by atoms with Gasteiger partial charge in [-0.05, 0) is 42.6 Å². The van der Waals surface area contributed by atoms with Crippen molar-refractivity contribution in [2.24, 2.45) is 0 Å². The molecule has 0 bridgehead atoms. The summed E-state index contributed by atoms with van der Waals surface area (Å²) in [6, 6.07) is 15.2. The van der Waals surface area contributed by atoms with E-state index < -0.39 is 36.9 Å². The number of aliphatic carboxylic acids is 1. The van der Waals surface area contributed by atoms with Gasteiger partial charge in [-0.3, -0.25) is 19.2 Å². The summed E-state index contributed by atoms with van der Waals surface area (Å²) < 4.78 is 0. The zero-order valence-electron chi connectivity index (χ0n) is 18.8. The number of amides is 3. The lowest BCUT2D eigenvalue weighted by Crippen LogP contribution is -2.51. The molecule has 1 atom stereocenters. The van der Waals surface area contributed by atoms with E-state index in [0.29, 0.717) is 6.54 Å². The summed E-state index contributed by atoms with van der Waals surface area (Å²) in [6.45, 7) is -0.332. The predicted octanol–water partition coefficient (Wildman–Crippen LogP) is -0.0411. The third-order valence-corrected chi connectivity index (χ3v) is 4.84. The molecule has 10 heteroatoms. The van der Waals surface area contributed by atoms with E-state index in [2.05, 4.69) is 21.3 Å². The van der Waals surface area contributed by atoms with Gasteiger partial charge in [-0.25, -0.2) is 0 Å². The number of carbonyl (C=O) groups excluding carboxylic acids is 3. The smallest absolute Gasteiger partial charge is 0.322 e. The molecule has 0 fully saturated rings. The second-order valence-electron chi connectivity index (χ2n) is 7.64. The Morgan fingerprint density at radius 1 is 0.794 bits per heavy atom. The number of phenolic OH excluding ortho intramolecular Hbond substituents is 1. The standard InChI is InChI=1S/C24H30N4O6/c29-19-10-8-17(9-11-19)7-4-12-25-14-22(31)28-20(13-18-5-2-1-3-6-18)24(34)27-15-21(30)26-16-23(32)33/h1-3,5-6,8-11,20,25,29H,4,7,12-16H2,(H,26,30)(H,27,34)(H,28,31)(H,32,33)/t20-/m0/s1. The van der Waals surface area contributed by atoms with Crippen LogP contribution in [0.3, 0.4) is 0 Å². The van der Waals surface area contributed by atoms with Crippen molar-refractivity contribution >= 4 is 23.7 Å². The maximum Gasteiger partial charge on any atom is 0.322 e. The van der Waals surface area contributed by atoms with Gasteiger partial charge in [-0.15, -0.1) is 0 Å². The van der Waals surface area contributed by atoms with E-state index >= 15 is 0 Å². The van der Waals surface area contributed by atoms with Crippen LogP contribution in [0, 0.1) is 0 Å². The molecule has 2 aromatic rings. The minimum atomic E-state index is -1.19. The molecule has 0 aliphatic carbocycles. The highest BCUT2D eigenvalue weighted by Gasteiger charge is 2.21. The molecule has 0 aliphatic heterocycles. The topological polar surface area (TPSA) is 157 Å². The molecule has 0 unspecified atom stereocenters. The molecule has 0 aliphatic rings. The van der Waals surface area contributed by atoms with Gasteiger partial charge >= 0.3 is 5.97 Å². The Kier molecular flexibility index (Phi) is 11.1. The summed E-state index contributed by atoms with van der Waals surface area (Å²) in [5.41, 5.74) is 1.91. The van der Waals surface area contributed by atoms with Crippen molar-refractivity contribution in [3.8, 4) is 5.75 Å². The molecule has 0 saturated carbocycles. The van der Waals surface area contributed by atoms with Crippen molar-refractivity contribution in [3.63, 3.8) is 0 Å². The Bertz CT molecular complexity index is 950. The second kappa shape index (κ2) is 14.3. The molecule has 182 valence electrons. The predicted molar refractivity (Wildman–Crippen MR) is 125 cm³/mol. The number of phenols is 1. The van der Waals surface area contributed by atoms with Crippen molar-refractivity contribution in [2.45, 2.75) is 25.3 Å². The molecule has 0 radical (unpaired) electrons. The fraction of sp³-hybridized carbons (Fsp3) is 0.333. The molecular weight excluding hydrogens is 440 g/mol. The number of hydrogen-bond acceptors (Lipinski definition) is 6. The number of carbonyl (C=O) groups is 4. The first-order chi connectivity index (χ1) is 16.3. The number of carboxylic acids is 1. The fourth-order valence-electron chi connectivity index (χ4n) is 3.11. The first-order valence-corrected chi connectivity index (χ1v) is 10.9. The number of nitrogens with one attached hydrogen (secondary N) is 4. The molecule has 10 nitrogen and oxygen atoms in total. The van der Waals surface area contributed by atoms with Gasteiger partial charge in [0.05, 0.1) is 13.1 Å². The summed E-state index contributed by atoms with van der Waals surface area (Å²) in [5.74, 6) is -2.53. The average Bonchev–Trinajstić information content (AvgIpc) is 2.82. The van der Waals surface area contributed by atoms with Crippen LogP contribution < -0.4 is 21.3 Å². The summed E-state index contributed by atoms with van der Waals surface area (Å²) >= 11 is 0. The van der Waals surface area contributed by atoms with Gasteiger partial charge in [0.1, 0.15) is 18.3 Å². The monoisotopic (exact) mass is 470 g/mol. The van der Waals surface area contributed by atoms with Crippen molar-refractivity contribution in [1.29, 1.82) is 0 Å². The molecule has 0 spiro atoms. The maximum atomic E-state index is 12.6. The number of aryl methyl sites for hydroxylation is 1. The van der Waals surface area contributed by atoms with E-state index in [1.807, 2.05) is 42.5 Å². The van der Waals surface area contributed by atoms with E-state index in [9.17, 15) is 24.3 Å². The van der Waals surface area contributed by atoms with Gasteiger partial charge in [-0.1, -0.05) is 42.5 Å². The van der Waals surface area contributed by atoms with Crippen LogP contribution in [-0.2, 0) is 32.0 Å². The van der Waals surface area contributed by atoms with Crippen LogP contribution in [-0.4, -0.2) is 66.1 Å². The van der Waals surface area contributed by atoms with Crippen LogP contribution in [0.1, 0.15) is 17.5 Å². The molecular formula is C24H30N4O6. The molecule has 2 aromatic carbocycles. The summed E-state index contributed by atoms with van der Waals surface area (Å²) in [4.78, 5) is 47.2. The van der Waals surface area contributed by atoms with Gasteiger partial charge in [0, 0.05) is 6.42 Å². The lowest BCUT2D eigenvalue weighted by Gasteiger charge is -2.19. The van der Waals surface area contributed by atoms with E-state index in [4.69, 9.17) is 5.11 Å². The third-order valence-electron chi connectivity index (χ3n) is 4.84. The molecule has 2 rings (SSSR count). The van der Waals surface area contributed by atoms with E-state index in [0.717, 1.165) is 24.0 Å². The van der Waals surface area contributed by atoms with Gasteiger partial charge < -0.3 is 31.5 Å². The maximum absolute atomic E-state index is 12.6. The lowest BCUT2D eigenvalue weighted by molar-refractivity contribution is -0.138. The Hall–Kier alpha value is -3.92. The third kappa shape index (κ3) is 10.6. The minimum absolute atomic E-state index is 0.0211. The van der Waals surface area contributed by atoms with Crippen LogP contribution in [0.2, 0.25) is 0 Å². The van der Waals surface area contributed by atoms with E-state index in [1.165, 1.54) is 0 Å². The van der Waals surface area contributed by atoms with Crippen LogP contribution >= 0.6 is 0 Å². The number of rotatable bonds is 14. The van der Waals surface area contributed by atoms with Gasteiger partial charge in [0.2, 0.25) is 17.7 Å². The largest absolute Gasteiger partial charge is 0.508 e. The molecule has 6 N–H and O–H groups in total. The minimum Gasteiger partial charge on any atom is -0.508 e. The Balaban J connectivity index is 1.80. The first-order valence-electron chi connectivity index (χ1n) is 10.9. The van der Waals surface area contributed by atoms with Gasteiger partial charge in [-0.2, -0.15) is 0 Å². The summed E-state index contributed by atoms with van der Waals surface area (Å²) in [5, 5.41) is 28.2. The molecule has 0 aromatic heterocycles. The SMILES string of the molecule is O=C(O)CNC(=O)CNC(=O)[C@H](Cc1ccccc1)NC(=O)CNCCCc1ccc(O)cc1. The number of carboxylic acid groups (broad SMARTS) is 1. The Labute approximate surface area is 197 Å². The number of aromatic hydroxyl groups is 1. The fourth-order valence-corrected chi connectivity index (χ4v) is 3.11. The highest BCUT2D eigenvalue weighted by atomic mass is 16.4. The van der Waals surface area contributed by atoms with Crippen molar-refractivity contribution < 1.29 is 29.4 Å². The van der Waals surface area contributed by atoms with Crippen LogP contribution in [0.25, 0.3) is 0 Å². The van der Waals surface area contributed by atoms with Gasteiger partial charge in [0.25, 0.3) is 0 Å². The summed E-state index contributed by atoms with van der Waals surface area (Å²) in [6.07, 6.45) is 1.81. The molecule has 34 heavy (non-hydrogen) atoms. The normalized spacial score (nSPS) is 11.3. The average molecular weight is 471 g/mol. The Morgan fingerprint density at radius 2 is 1.50 bits per heavy atom. The van der Waals surface area contributed by atoms with Gasteiger partial charge in [0.15, 0.2) is 0 Å². The van der Waals surface area contributed by atoms with E-state index in [1.54, 1.807) is 12.1 Å². The van der Waals surface area contributed by atoms with Crippen LogP contribution in [0.5, 0.6) is 5.75 Å². The first kappa shape index (κ1) is 26.3. The zero-order chi connectivity index (χ0) is 24.8. The van der Waals surface area contributed by atoms with Crippen molar-refractivity contribution in [2.75, 3.05) is 26.2 Å². The number of benzene rings is 2. The van der Waals surface area contributed by atoms with Crippen molar-refractivity contribution in [3.05, 3.63) is 65.7 Å². The highest BCUT2D eigenvalue weighted by Crippen LogP contribution is 2.10. The van der Waals surface area contributed by atoms with Crippen molar-refractivity contribution in [1.82, 2.24) is 21.3 Å². The molecule has 3 amide bonds. The molecule has 0 saturated heterocycles. The zero-order valence-corrected chi connectivity index (χ0v) is 18.8. The van der Waals surface area contributed by atoms with E-state index in [-0.39, 0.29) is 24.6 Å². The highest BCUT2D eigenvalue weighted by molar-refractivity contribution is 5.91. The van der Waals surface area contributed by atoms with Crippen LogP contribution in [0.15, 0.2) is 54.6 Å². The number of hydrogen-bond donors (Lipinski definition) is 6.